The van der Waals surface area contributed by atoms with Gasteiger partial charge in [-0.1, -0.05) is 66.9 Å². The number of rotatable bonds is 11. The Labute approximate surface area is 332 Å². The van der Waals surface area contributed by atoms with Crippen LogP contribution in [-0.4, -0.2) is 119 Å². The number of aromatic nitrogens is 4. The fourth-order valence-corrected chi connectivity index (χ4v) is 3.23. The highest BCUT2D eigenvalue weighted by Gasteiger charge is 2.30. The number of nitrogens with two attached hydrogens (primary N) is 2. The lowest BCUT2D eigenvalue weighted by Gasteiger charge is -2.22. The lowest BCUT2D eigenvalue weighted by molar-refractivity contribution is -0.196. The SMILES string of the molecule is CI.COC(C)(OC)C(=O)/C=C/N(C)C.COC(C)(OC)C(C)=O.CSc1nccc(C(C)(C)C)n1.CSc1nccc(C(C)=O)n1.NC(N)=S. The molecule has 2 aromatic heterocycles. The molecule has 0 saturated heterocycles. The Bertz CT molecular complexity index is 1320. The van der Waals surface area contributed by atoms with E-state index in [1.807, 2.05) is 43.8 Å². The summed E-state index contributed by atoms with van der Waals surface area (Å²) < 4.78 is 19.4. The molecule has 4 N–H and O–H groups in total. The van der Waals surface area contributed by atoms with Gasteiger partial charge in [0.05, 0.1) is 5.69 Å². The molecular formula is C33H58IN7O7S3. The molecule has 2 heterocycles. The number of nitrogens with zero attached hydrogens (tertiary/aromatic N) is 5. The summed E-state index contributed by atoms with van der Waals surface area (Å²) in [5, 5.41) is 1.49. The number of hydrogen-bond acceptors (Lipinski definition) is 15. The third-order valence-corrected chi connectivity index (χ3v) is 7.05. The first kappa shape index (κ1) is 55.4. The lowest BCUT2D eigenvalue weighted by atomic mass is 9.92. The van der Waals surface area contributed by atoms with Crippen LogP contribution in [0.5, 0.6) is 0 Å². The molecular weight excluding hydrogens is 830 g/mol. The van der Waals surface area contributed by atoms with Gasteiger partial charge in [-0.3, -0.25) is 14.4 Å². The number of ether oxygens (including phenoxy) is 4. The van der Waals surface area contributed by atoms with Crippen LogP contribution in [-0.2, 0) is 34.0 Å². The number of carbonyl (C=O) groups is 3. The van der Waals surface area contributed by atoms with Crippen LogP contribution in [0.2, 0.25) is 0 Å². The highest BCUT2D eigenvalue weighted by atomic mass is 127. The van der Waals surface area contributed by atoms with Crippen molar-refractivity contribution < 1.29 is 33.3 Å². The Morgan fingerprint density at radius 1 is 0.804 bits per heavy atom. The molecule has 0 aliphatic heterocycles. The minimum absolute atomic E-state index is 0.000000000000000222. The number of thioether (sulfide) groups is 2. The molecule has 0 atom stereocenters. The van der Waals surface area contributed by atoms with Crippen LogP contribution in [0.15, 0.2) is 47.1 Å². The molecule has 292 valence electrons. The second-order valence-corrected chi connectivity index (χ2v) is 13.0. The molecule has 0 aromatic carbocycles. The van der Waals surface area contributed by atoms with Gasteiger partial charge in [-0.2, -0.15) is 0 Å². The molecule has 2 rings (SSSR count). The van der Waals surface area contributed by atoms with Crippen LogP contribution in [0.1, 0.15) is 64.6 Å². The van der Waals surface area contributed by atoms with Crippen molar-refractivity contribution in [3.8, 4) is 0 Å². The zero-order chi connectivity index (χ0) is 41.0. The molecule has 0 aliphatic rings. The smallest absolute Gasteiger partial charge is 0.229 e. The van der Waals surface area contributed by atoms with Crippen LogP contribution in [0.4, 0.5) is 0 Å². The normalized spacial score (nSPS) is 10.5. The minimum atomic E-state index is -1.17. The highest BCUT2D eigenvalue weighted by molar-refractivity contribution is 14.1. The molecule has 0 unspecified atom stereocenters. The monoisotopic (exact) mass is 887 g/mol. The van der Waals surface area contributed by atoms with E-state index in [4.69, 9.17) is 18.9 Å². The quantitative estimate of drug-likeness (QED) is 0.0427. The third-order valence-electron chi connectivity index (χ3n) is 5.93. The van der Waals surface area contributed by atoms with E-state index in [9.17, 15) is 14.4 Å². The minimum Gasteiger partial charge on any atom is -0.383 e. The molecule has 14 nitrogen and oxygen atoms in total. The number of ketones is 3. The van der Waals surface area contributed by atoms with Gasteiger partial charge in [0, 0.05) is 86.5 Å². The van der Waals surface area contributed by atoms with Gasteiger partial charge in [0.2, 0.25) is 17.4 Å². The maximum absolute atomic E-state index is 11.5. The van der Waals surface area contributed by atoms with Gasteiger partial charge in [0.25, 0.3) is 0 Å². The van der Waals surface area contributed by atoms with Crippen LogP contribution in [0.25, 0.3) is 0 Å². The summed E-state index contributed by atoms with van der Waals surface area (Å²) in [6, 6.07) is 3.59. The van der Waals surface area contributed by atoms with E-state index < -0.39 is 11.6 Å². The van der Waals surface area contributed by atoms with Crippen LogP contribution < -0.4 is 11.5 Å². The summed E-state index contributed by atoms with van der Waals surface area (Å²) in [7, 11) is 9.41. The molecule has 2 aromatic rings. The van der Waals surface area contributed by atoms with E-state index in [0.717, 1.165) is 10.9 Å². The first-order chi connectivity index (χ1) is 23.5. The molecule has 0 amide bonds. The van der Waals surface area contributed by atoms with Crippen molar-refractivity contribution in [2.75, 3.05) is 60.0 Å². The van der Waals surface area contributed by atoms with Crippen LogP contribution in [0.3, 0.4) is 0 Å². The summed E-state index contributed by atoms with van der Waals surface area (Å²) in [6.07, 6.45) is 10.3. The van der Waals surface area contributed by atoms with Crippen molar-refractivity contribution in [3.05, 3.63) is 48.2 Å². The second kappa shape index (κ2) is 30.2. The zero-order valence-corrected chi connectivity index (χ0v) is 37.4. The molecule has 0 bridgehead atoms. The van der Waals surface area contributed by atoms with Crippen molar-refractivity contribution in [1.82, 2.24) is 24.8 Å². The van der Waals surface area contributed by atoms with E-state index in [-0.39, 0.29) is 27.9 Å². The molecule has 0 saturated carbocycles. The van der Waals surface area contributed by atoms with E-state index in [0.29, 0.717) is 10.9 Å². The summed E-state index contributed by atoms with van der Waals surface area (Å²) in [4.78, 5) is 53.2. The van der Waals surface area contributed by atoms with Gasteiger partial charge < -0.3 is 35.3 Å². The average Bonchev–Trinajstić information content (AvgIpc) is 3.10. The number of hydrogen-bond donors (Lipinski definition) is 2. The molecule has 0 aliphatic carbocycles. The van der Waals surface area contributed by atoms with Crippen molar-refractivity contribution in [3.63, 3.8) is 0 Å². The topological polar surface area (TPSA) is 195 Å². The molecule has 51 heavy (non-hydrogen) atoms. The Kier molecular flexibility index (Phi) is 32.8. The third kappa shape index (κ3) is 27.0. The van der Waals surface area contributed by atoms with Gasteiger partial charge in [-0.15, -0.1) is 0 Å². The van der Waals surface area contributed by atoms with Gasteiger partial charge in [-0.05, 0) is 55.6 Å². The van der Waals surface area contributed by atoms with Crippen molar-refractivity contribution in [2.24, 2.45) is 11.5 Å². The first-order valence-electron chi connectivity index (χ1n) is 14.8. The first-order valence-corrected chi connectivity index (χ1v) is 19.8. The fourth-order valence-electron chi connectivity index (χ4n) is 2.52. The van der Waals surface area contributed by atoms with E-state index in [2.05, 4.69) is 87.0 Å². The lowest BCUT2D eigenvalue weighted by Crippen LogP contribution is -2.38. The average molecular weight is 888 g/mol. The van der Waals surface area contributed by atoms with Crippen molar-refractivity contribution >= 4 is 80.8 Å². The Hall–Kier alpha value is -2.33. The number of alkyl halides is 1. The maximum atomic E-state index is 11.5. The second-order valence-electron chi connectivity index (χ2n) is 11.0. The molecule has 0 fully saturated rings. The molecule has 0 radical (unpaired) electrons. The standard InChI is InChI=1S/C9H14N2S.C9H17NO3.C7H8N2OS.C6H12O3.CH3I.CH4N2S/c1-9(2,3)7-5-6-10-8(11-7)12-4;1-9(12-4,13-5)8(11)6-7-10(2)3;1-5(10)6-3-4-8-7(9-6)11-2;1-5(7)6(2,8-3)9-4;1-2;2-1(3)4/h5-6H,1-4H3;6-7H,1-5H3;3-4H,1-2H3;1-4H3;1H3;(H4,2,3,4)/b;7-6+;;;;. The highest BCUT2D eigenvalue weighted by Crippen LogP contribution is 2.21. The summed E-state index contributed by atoms with van der Waals surface area (Å²) in [5.41, 5.74) is 10.9. The number of methoxy groups -OCH3 is 4. The number of Topliss-reactive ketones (excluding diaryl/α,β-unsaturated/α-hetero) is 2. The largest absolute Gasteiger partial charge is 0.383 e. The van der Waals surface area contributed by atoms with Crippen molar-refractivity contribution in [1.29, 1.82) is 0 Å². The number of carbonyl (C=O) groups excluding carboxylic acids is 3. The van der Waals surface area contributed by atoms with E-state index in [1.165, 1.54) is 60.1 Å². The Morgan fingerprint density at radius 2 is 1.20 bits per heavy atom. The summed E-state index contributed by atoms with van der Waals surface area (Å²) in [5.74, 6) is -2.60. The predicted octanol–water partition coefficient (Wildman–Crippen LogP) is 5.36. The van der Waals surface area contributed by atoms with Gasteiger partial charge in [-0.25, -0.2) is 19.9 Å². The van der Waals surface area contributed by atoms with Gasteiger partial charge >= 0.3 is 0 Å². The molecule has 0 spiro atoms. The number of thiocarbonyl (C=S) groups is 1. The zero-order valence-electron chi connectivity index (χ0n) is 32.8. The predicted molar refractivity (Wildman–Crippen MR) is 221 cm³/mol. The van der Waals surface area contributed by atoms with Gasteiger partial charge in [0.15, 0.2) is 27.0 Å². The van der Waals surface area contributed by atoms with E-state index >= 15 is 0 Å². The molecule has 18 heteroatoms. The summed E-state index contributed by atoms with van der Waals surface area (Å²) >= 11 is 9.25. The van der Waals surface area contributed by atoms with Crippen LogP contribution in [0, 0.1) is 0 Å². The van der Waals surface area contributed by atoms with Crippen LogP contribution >= 0.6 is 58.3 Å². The van der Waals surface area contributed by atoms with Gasteiger partial charge in [0.1, 0.15) is 5.69 Å². The van der Waals surface area contributed by atoms with Crippen molar-refractivity contribution in [2.45, 2.75) is 75.8 Å². The number of halogens is 1. The fraction of sp³-hybridized carbons (Fsp3) is 0.576. The Morgan fingerprint density at radius 3 is 1.49 bits per heavy atom. The summed E-state index contributed by atoms with van der Waals surface area (Å²) in [6.45, 7) is 12.5. The maximum Gasteiger partial charge on any atom is 0.229 e. The Balaban J connectivity index is -0.000000276. The van der Waals surface area contributed by atoms with E-state index in [1.54, 1.807) is 49.0 Å².